The summed E-state index contributed by atoms with van der Waals surface area (Å²) in [5, 5.41) is -0.270. The summed E-state index contributed by atoms with van der Waals surface area (Å²) in [6, 6.07) is 19.4. The quantitative estimate of drug-likeness (QED) is 0.376. The number of aryl methyl sites for hydroxylation is 2. The molecule has 0 saturated carbocycles. The highest BCUT2D eigenvalue weighted by molar-refractivity contribution is 8.18. The highest BCUT2D eigenvalue weighted by atomic mass is 32.2. The molecule has 1 aromatic heterocycles. The largest absolute Gasteiger partial charge is 0.492 e. The average Bonchev–Trinajstić information content (AvgIpc) is 3.25. The molecule has 2 aromatic carbocycles. The number of para-hydroxylation sites is 1. The van der Waals surface area contributed by atoms with Gasteiger partial charge in [0.25, 0.3) is 11.1 Å². The fourth-order valence-corrected chi connectivity index (χ4v) is 4.67. The lowest BCUT2D eigenvalue weighted by Crippen LogP contribution is -2.32. The van der Waals surface area contributed by atoms with Crippen LogP contribution < -0.4 is 9.47 Å². The third kappa shape index (κ3) is 5.54. The number of carbonyl (C=O) groups is 2. The van der Waals surface area contributed by atoms with Crippen molar-refractivity contribution in [3.63, 3.8) is 0 Å². The van der Waals surface area contributed by atoms with Crippen LogP contribution in [0.4, 0.5) is 4.79 Å². The molecule has 3 aromatic rings. The molecule has 1 saturated heterocycles. The van der Waals surface area contributed by atoms with Gasteiger partial charge in [-0.05, 0) is 74.5 Å². The van der Waals surface area contributed by atoms with Gasteiger partial charge in [-0.15, -0.1) is 0 Å². The third-order valence-electron chi connectivity index (χ3n) is 5.70. The minimum atomic E-state index is -0.278. The van der Waals surface area contributed by atoms with Crippen LogP contribution in [0.5, 0.6) is 11.5 Å². The number of aromatic nitrogens is 1. The lowest BCUT2D eigenvalue weighted by Gasteiger charge is -2.13. The van der Waals surface area contributed by atoms with E-state index in [0.717, 1.165) is 45.8 Å². The van der Waals surface area contributed by atoms with Crippen molar-refractivity contribution in [3.05, 3.63) is 88.1 Å². The first-order valence-electron chi connectivity index (χ1n) is 11.2. The molecule has 0 aliphatic carbocycles. The lowest BCUT2D eigenvalue weighted by atomic mass is 10.2. The highest BCUT2D eigenvalue weighted by Crippen LogP contribution is 2.33. The second-order valence-corrected chi connectivity index (χ2v) is 9.13. The summed E-state index contributed by atoms with van der Waals surface area (Å²) in [7, 11) is 0. The van der Waals surface area contributed by atoms with E-state index < -0.39 is 0 Å². The third-order valence-corrected chi connectivity index (χ3v) is 6.61. The molecule has 1 aliphatic heterocycles. The van der Waals surface area contributed by atoms with Gasteiger partial charge in [0.1, 0.15) is 24.7 Å². The molecule has 0 bridgehead atoms. The number of nitrogens with zero attached hydrogens (tertiary/aromatic N) is 2. The molecule has 34 heavy (non-hydrogen) atoms. The van der Waals surface area contributed by atoms with Gasteiger partial charge in [-0.2, -0.15) is 0 Å². The maximum absolute atomic E-state index is 12.9. The van der Waals surface area contributed by atoms with Crippen LogP contribution in [0.2, 0.25) is 0 Å². The van der Waals surface area contributed by atoms with E-state index in [1.807, 2.05) is 87.5 Å². The molecule has 176 valence electrons. The normalized spacial score (nSPS) is 14.8. The Morgan fingerprint density at radius 1 is 0.853 bits per heavy atom. The number of hydrogen-bond acceptors (Lipinski definition) is 5. The highest BCUT2D eigenvalue weighted by Gasteiger charge is 2.35. The Morgan fingerprint density at radius 2 is 1.50 bits per heavy atom. The zero-order valence-electron chi connectivity index (χ0n) is 19.6. The van der Waals surface area contributed by atoms with Gasteiger partial charge in [0.05, 0.1) is 18.0 Å². The second kappa shape index (κ2) is 10.7. The minimum Gasteiger partial charge on any atom is -0.492 e. The first kappa shape index (κ1) is 23.7. The number of thioether (sulfide) groups is 1. The van der Waals surface area contributed by atoms with E-state index in [0.29, 0.717) is 18.1 Å². The summed E-state index contributed by atoms with van der Waals surface area (Å²) in [6.45, 7) is 7.75. The van der Waals surface area contributed by atoms with Gasteiger partial charge in [-0.25, -0.2) is 0 Å². The number of amides is 2. The Hall–Kier alpha value is -3.45. The minimum absolute atomic E-state index is 0.214. The Balaban J connectivity index is 1.37. The zero-order valence-corrected chi connectivity index (χ0v) is 20.4. The topological polar surface area (TPSA) is 60.8 Å². The predicted molar refractivity (Wildman–Crippen MR) is 135 cm³/mol. The van der Waals surface area contributed by atoms with E-state index in [-0.39, 0.29) is 24.3 Å². The molecule has 6 nitrogen and oxygen atoms in total. The first-order valence-corrected chi connectivity index (χ1v) is 12.0. The van der Waals surface area contributed by atoms with Crippen LogP contribution in [0.15, 0.2) is 65.6 Å². The van der Waals surface area contributed by atoms with E-state index in [1.54, 1.807) is 0 Å². The van der Waals surface area contributed by atoms with Crippen molar-refractivity contribution >= 4 is 29.0 Å². The van der Waals surface area contributed by atoms with Crippen molar-refractivity contribution in [2.24, 2.45) is 0 Å². The summed E-state index contributed by atoms with van der Waals surface area (Å²) in [5.41, 5.74) is 4.18. The maximum atomic E-state index is 12.9. The second-order valence-electron chi connectivity index (χ2n) is 8.13. The molecule has 7 heteroatoms. The molecule has 1 fully saturated rings. The van der Waals surface area contributed by atoms with Gasteiger partial charge in [0.2, 0.25) is 0 Å². The zero-order chi connectivity index (χ0) is 24.1. The molecule has 0 unspecified atom stereocenters. The average molecular weight is 477 g/mol. The van der Waals surface area contributed by atoms with Crippen LogP contribution >= 0.6 is 11.8 Å². The van der Waals surface area contributed by atoms with Gasteiger partial charge < -0.3 is 14.0 Å². The summed E-state index contributed by atoms with van der Waals surface area (Å²) in [4.78, 5) is 27.0. The number of ether oxygens (including phenoxy) is 2. The Labute approximate surface area is 204 Å². The van der Waals surface area contributed by atoms with Gasteiger partial charge in [-0.3, -0.25) is 14.5 Å². The van der Waals surface area contributed by atoms with Crippen molar-refractivity contribution in [2.45, 2.75) is 27.3 Å². The van der Waals surface area contributed by atoms with Crippen molar-refractivity contribution in [3.8, 4) is 11.5 Å². The number of rotatable bonds is 9. The van der Waals surface area contributed by atoms with Crippen LogP contribution in [0.1, 0.15) is 22.5 Å². The molecular weight excluding hydrogens is 448 g/mol. The van der Waals surface area contributed by atoms with Crippen molar-refractivity contribution in [1.82, 2.24) is 9.47 Å². The molecule has 0 N–H and O–H groups in total. The van der Waals surface area contributed by atoms with Crippen molar-refractivity contribution < 1.29 is 19.1 Å². The van der Waals surface area contributed by atoms with Crippen molar-refractivity contribution in [1.29, 1.82) is 0 Å². The number of carbonyl (C=O) groups excluding carboxylic acids is 2. The number of hydrogen-bond donors (Lipinski definition) is 0. The fourth-order valence-electron chi connectivity index (χ4n) is 3.81. The molecule has 1 aliphatic rings. The first-order chi connectivity index (χ1) is 16.4. The van der Waals surface area contributed by atoms with Crippen LogP contribution in [0.25, 0.3) is 6.08 Å². The standard InChI is InChI=1S/C27H28N2O4S/c1-19-9-11-24(12-10-19)33-16-14-29-26(30)25(34-27(29)31)18-22-17-20(2)28(21(22)3)13-15-32-23-7-5-4-6-8-23/h4-12,17-18H,13-16H2,1-3H3/b25-18-. The molecule has 0 radical (unpaired) electrons. The fraction of sp³-hybridized carbons (Fsp3) is 0.259. The van der Waals surface area contributed by atoms with Crippen LogP contribution in [-0.4, -0.2) is 40.4 Å². The Kier molecular flexibility index (Phi) is 7.43. The van der Waals surface area contributed by atoms with E-state index >= 15 is 0 Å². The Morgan fingerprint density at radius 3 is 2.21 bits per heavy atom. The van der Waals surface area contributed by atoms with E-state index in [4.69, 9.17) is 9.47 Å². The summed E-state index contributed by atoms with van der Waals surface area (Å²) in [5.74, 6) is 1.28. The molecule has 0 atom stereocenters. The number of imide groups is 1. The van der Waals surface area contributed by atoms with Crippen LogP contribution in [0, 0.1) is 20.8 Å². The predicted octanol–water partition coefficient (Wildman–Crippen LogP) is 5.61. The van der Waals surface area contributed by atoms with Crippen LogP contribution in [-0.2, 0) is 11.3 Å². The molecular formula is C27H28N2O4S. The van der Waals surface area contributed by atoms with E-state index in [1.165, 1.54) is 4.90 Å². The molecule has 4 rings (SSSR count). The monoisotopic (exact) mass is 476 g/mol. The molecule has 2 amide bonds. The number of benzene rings is 2. The van der Waals surface area contributed by atoms with E-state index in [2.05, 4.69) is 4.57 Å². The van der Waals surface area contributed by atoms with Gasteiger partial charge >= 0.3 is 0 Å². The van der Waals surface area contributed by atoms with Crippen molar-refractivity contribution in [2.75, 3.05) is 19.8 Å². The van der Waals surface area contributed by atoms with E-state index in [9.17, 15) is 9.59 Å². The Bertz CT molecular complexity index is 1200. The smallest absolute Gasteiger partial charge is 0.293 e. The van der Waals surface area contributed by atoms with Gasteiger partial charge in [0.15, 0.2) is 0 Å². The summed E-state index contributed by atoms with van der Waals surface area (Å²) >= 11 is 0.973. The van der Waals surface area contributed by atoms with Crippen LogP contribution in [0.3, 0.4) is 0 Å². The van der Waals surface area contributed by atoms with Gasteiger partial charge in [0, 0.05) is 11.4 Å². The summed E-state index contributed by atoms with van der Waals surface area (Å²) < 4.78 is 13.7. The molecule has 2 heterocycles. The SMILES string of the molecule is Cc1ccc(OCCN2C(=O)S/C(=C\c3cc(C)n(CCOc4ccccc4)c3C)C2=O)cc1. The lowest BCUT2D eigenvalue weighted by molar-refractivity contribution is -0.123. The molecule has 0 spiro atoms. The van der Waals surface area contributed by atoms with Gasteiger partial charge in [-0.1, -0.05) is 35.9 Å². The maximum Gasteiger partial charge on any atom is 0.293 e. The summed E-state index contributed by atoms with van der Waals surface area (Å²) in [6.07, 6.45) is 1.81.